The number of hydrogen-bond donors (Lipinski definition) is 0. The zero-order chi connectivity index (χ0) is 54.9. The molecule has 0 saturated carbocycles. The maximum absolute atomic E-state index is 2.73. The van der Waals surface area contributed by atoms with Crippen LogP contribution in [0.3, 0.4) is 0 Å². The summed E-state index contributed by atoms with van der Waals surface area (Å²) in [7, 11) is 0. The molecule has 0 amide bonds. The molecule has 2 aliphatic rings. The van der Waals surface area contributed by atoms with Crippen LogP contribution in [0.5, 0.6) is 0 Å². The van der Waals surface area contributed by atoms with E-state index in [1.807, 2.05) is 0 Å². The normalized spacial score (nSPS) is 15.8. The van der Waals surface area contributed by atoms with Crippen LogP contribution in [0.15, 0.2) is 200 Å². The first kappa shape index (κ1) is 52.9. The summed E-state index contributed by atoms with van der Waals surface area (Å²) < 4.78 is 0. The molecule has 1 aliphatic heterocycles. The predicted octanol–water partition coefficient (Wildman–Crippen LogP) is 18.4. The van der Waals surface area contributed by atoms with E-state index in [-0.39, 0.29) is 40.2 Å². The maximum Gasteiger partial charge on any atom is 0.242 e. The summed E-state index contributed by atoms with van der Waals surface area (Å²) in [5.41, 5.74) is 28.6. The molecular formula is C76H80BN. The number of benzene rings is 9. The van der Waals surface area contributed by atoms with Crippen molar-refractivity contribution in [2.24, 2.45) is 0 Å². The van der Waals surface area contributed by atoms with Gasteiger partial charge in [-0.1, -0.05) is 262 Å². The van der Waals surface area contributed by atoms with E-state index in [1.165, 1.54) is 99.8 Å². The molecule has 2 unspecified atom stereocenters. The molecule has 78 heavy (non-hydrogen) atoms. The highest BCUT2D eigenvalue weighted by Crippen LogP contribution is 2.51. The van der Waals surface area contributed by atoms with Gasteiger partial charge in [-0.05, 0) is 169 Å². The lowest BCUT2D eigenvalue weighted by molar-refractivity contribution is 0.403. The van der Waals surface area contributed by atoms with Gasteiger partial charge in [0.1, 0.15) is 0 Å². The van der Waals surface area contributed by atoms with Gasteiger partial charge >= 0.3 is 0 Å². The minimum atomic E-state index is -0.0353. The highest BCUT2D eigenvalue weighted by atomic mass is 15.1. The van der Waals surface area contributed by atoms with Crippen LogP contribution in [-0.4, -0.2) is 6.71 Å². The summed E-state index contributed by atoms with van der Waals surface area (Å²) in [6.45, 7) is 31.4. The van der Waals surface area contributed by atoms with Crippen LogP contribution in [-0.2, 0) is 28.1 Å². The fourth-order valence-corrected chi connectivity index (χ4v) is 14.0. The minimum absolute atomic E-state index is 0.00114. The van der Waals surface area contributed by atoms with Crippen molar-refractivity contribution in [2.75, 3.05) is 4.90 Å². The topological polar surface area (TPSA) is 3.24 Å². The minimum Gasteiger partial charge on any atom is -0.311 e. The Kier molecular flexibility index (Phi) is 13.7. The van der Waals surface area contributed by atoms with Crippen molar-refractivity contribution in [3.8, 4) is 22.3 Å². The second-order valence-electron chi connectivity index (χ2n) is 26.5. The predicted molar refractivity (Wildman–Crippen MR) is 338 cm³/mol. The second kappa shape index (κ2) is 20.3. The van der Waals surface area contributed by atoms with Crippen LogP contribution in [0.1, 0.15) is 162 Å². The fourth-order valence-electron chi connectivity index (χ4n) is 14.0. The van der Waals surface area contributed by atoms with Crippen molar-refractivity contribution in [3.63, 3.8) is 0 Å². The molecule has 9 aromatic carbocycles. The van der Waals surface area contributed by atoms with Crippen molar-refractivity contribution in [2.45, 2.75) is 143 Å². The first-order chi connectivity index (χ1) is 37.2. The molecule has 9 aromatic rings. The van der Waals surface area contributed by atoms with Gasteiger partial charge in [0.15, 0.2) is 0 Å². The highest BCUT2D eigenvalue weighted by Gasteiger charge is 2.46. The molecule has 2 heteroatoms. The Balaban J connectivity index is 1.19. The Morgan fingerprint density at radius 2 is 1.05 bits per heavy atom. The third-order valence-corrected chi connectivity index (χ3v) is 18.0. The van der Waals surface area contributed by atoms with Gasteiger partial charge in [0.05, 0.1) is 0 Å². The quantitative estimate of drug-likeness (QED) is 0.117. The number of fused-ring (bicyclic) bond motifs is 3. The molecule has 2 atom stereocenters. The SMILES string of the molecule is Cc1cc(-c2ccccc2)ccc1CCC1c2cc3c(cc2B(c2cc(N(c4ccccc4)c4ccccc4)ccc2C(C)c2ccc(C(C)(C)C)cc2-c2ccccc2)c2c(C)cc(C(C)(C)C)cc21)C(C)(C)CC3(C)C. The van der Waals surface area contributed by atoms with Gasteiger partial charge in [-0.2, -0.15) is 0 Å². The molecule has 0 fully saturated rings. The van der Waals surface area contributed by atoms with Crippen LogP contribution >= 0.6 is 0 Å². The Hall–Kier alpha value is -7.16. The van der Waals surface area contributed by atoms with Crippen LogP contribution in [0, 0.1) is 13.8 Å². The van der Waals surface area contributed by atoms with Crippen molar-refractivity contribution >= 4 is 40.2 Å². The summed E-state index contributed by atoms with van der Waals surface area (Å²) in [5, 5.41) is 0. The summed E-state index contributed by atoms with van der Waals surface area (Å²) >= 11 is 0. The summed E-state index contributed by atoms with van der Waals surface area (Å²) in [5.74, 6) is 0.264. The third kappa shape index (κ3) is 9.91. The molecular weight excluding hydrogens is 938 g/mol. The molecule has 0 radical (unpaired) electrons. The zero-order valence-corrected chi connectivity index (χ0v) is 48.9. The van der Waals surface area contributed by atoms with Crippen LogP contribution < -0.4 is 21.3 Å². The lowest BCUT2D eigenvalue weighted by Crippen LogP contribution is -2.60. The van der Waals surface area contributed by atoms with E-state index < -0.39 is 0 Å². The van der Waals surface area contributed by atoms with Gasteiger partial charge in [0.25, 0.3) is 0 Å². The number of rotatable bonds is 11. The molecule has 0 saturated heterocycles. The number of aryl methyl sites for hydroxylation is 3. The fraction of sp³-hybridized carbons (Fsp3) is 0.289. The zero-order valence-electron chi connectivity index (χ0n) is 48.9. The average molecular weight is 1020 g/mol. The lowest BCUT2D eigenvalue weighted by Gasteiger charge is -2.39. The van der Waals surface area contributed by atoms with E-state index in [9.17, 15) is 0 Å². The molecule has 11 rings (SSSR count). The summed E-state index contributed by atoms with van der Waals surface area (Å²) in [4.78, 5) is 2.47. The van der Waals surface area contributed by atoms with Crippen molar-refractivity contribution in [1.29, 1.82) is 0 Å². The van der Waals surface area contributed by atoms with Gasteiger partial charge in [-0.15, -0.1) is 0 Å². The average Bonchev–Trinajstić information content (AvgIpc) is 3.68. The second-order valence-corrected chi connectivity index (χ2v) is 26.5. The van der Waals surface area contributed by atoms with Gasteiger partial charge in [0, 0.05) is 28.9 Å². The maximum atomic E-state index is 2.73. The van der Waals surface area contributed by atoms with E-state index in [2.05, 4.69) is 295 Å². The van der Waals surface area contributed by atoms with Crippen LogP contribution in [0.2, 0.25) is 0 Å². The highest BCUT2D eigenvalue weighted by molar-refractivity contribution is 6.97. The van der Waals surface area contributed by atoms with Crippen molar-refractivity contribution in [1.82, 2.24) is 0 Å². The first-order valence-electron chi connectivity index (χ1n) is 28.9. The number of anilines is 3. The van der Waals surface area contributed by atoms with Crippen LogP contribution in [0.4, 0.5) is 17.1 Å². The third-order valence-electron chi connectivity index (χ3n) is 18.0. The Labute approximate surface area is 468 Å². The lowest BCUT2D eigenvalue weighted by atomic mass is 9.31. The van der Waals surface area contributed by atoms with Gasteiger partial charge in [-0.25, -0.2) is 0 Å². The Morgan fingerprint density at radius 3 is 1.64 bits per heavy atom. The first-order valence-corrected chi connectivity index (χ1v) is 28.9. The molecule has 1 heterocycles. The van der Waals surface area contributed by atoms with Crippen LogP contribution in [0.25, 0.3) is 22.3 Å². The number of para-hydroxylation sites is 2. The van der Waals surface area contributed by atoms with Crippen molar-refractivity contribution < 1.29 is 0 Å². The molecule has 0 spiro atoms. The molecule has 0 aromatic heterocycles. The standard InChI is InChI=1S/C76H80BN/c1-50-42-56(54-26-18-14-19-27-54)35-34-53(50)36-39-64-66-47-68-69(76(12,13)49-75(68,10)11)48-71(66)77(72-51(2)43-58(45-67(64)72)74(7,8)9)70-46-61(78(59-30-22-16-23-31-59)60-32-24-17-25-33-60)38-41-63(70)52(3)62-40-37-57(73(4,5)6)44-65(62)55-28-20-15-21-29-55/h14-35,37-38,40-48,52,64H,36,39,49H2,1-13H3. The van der Waals surface area contributed by atoms with E-state index in [4.69, 9.17) is 0 Å². The van der Waals surface area contributed by atoms with E-state index in [0.717, 1.165) is 36.3 Å². The monoisotopic (exact) mass is 1020 g/mol. The van der Waals surface area contributed by atoms with E-state index in [1.54, 1.807) is 0 Å². The number of nitrogens with zero attached hydrogens (tertiary/aromatic N) is 1. The van der Waals surface area contributed by atoms with Gasteiger partial charge in [-0.3, -0.25) is 0 Å². The van der Waals surface area contributed by atoms with E-state index >= 15 is 0 Å². The molecule has 392 valence electrons. The van der Waals surface area contributed by atoms with E-state index in [0.29, 0.717) is 0 Å². The summed E-state index contributed by atoms with van der Waals surface area (Å²) in [6.07, 6.45) is 3.13. The van der Waals surface area contributed by atoms with Gasteiger partial charge < -0.3 is 4.90 Å². The molecule has 0 N–H and O–H groups in total. The van der Waals surface area contributed by atoms with Gasteiger partial charge in [0.2, 0.25) is 6.71 Å². The molecule has 1 aliphatic carbocycles. The molecule has 0 bridgehead atoms. The Morgan fingerprint density at radius 1 is 0.487 bits per heavy atom. The number of hydrogen-bond acceptors (Lipinski definition) is 1. The smallest absolute Gasteiger partial charge is 0.242 e. The summed E-state index contributed by atoms with van der Waals surface area (Å²) in [6, 6.07) is 76.6. The Bertz CT molecular complexity index is 3610. The largest absolute Gasteiger partial charge is 0.311 e. The molecule has 1 nitrogen and oxygen atoms in total. The van der Waals surface area contributed by atoms with Crippen molar-refractivity contribution in [3.05, 3.63) is 261 Å².